The summed E-state index contributed by atoms with van der Waals surface area (Å²) in [4.78, 5) is 49.9. The quantitative estimate of drug-likeness (QED) is 0.426. The van der Waals surface area contributed by atoms with Crippen molar-refractivity contribution >= 4 is 51.4 Å². The van der Waals surface area contributed by atoms with Crippen molar-refractivity contribution in [2.24, 2.45) is 0 Å². The summed E-state index contributed by atoms with van der Waals surface area (Å²) < 4.78 is 20.2. The molecule has 2 amide bonds. The summed E-state index contributed by atoms with van der Waals surface area (Å²) in [5.74, 6) is -2.01. The monoisotopic (exact) mass is 507 g/mol. The number of anilines is 3. The summed E-state index contributed by atoms with van der Waals surface area (Å²) in [6.45, 7) is 3.08. The Morgan fingerprint density at radius 3 is 2.46 bits per heavy atom. The number of hydrogen-bond acceptors (Lipinski definition) is 9. The number of carboxylic acid groups (broad SMARTS) is 1. The Morgan fingerprint density at radius 1 is 1.23 bits per heavy atom. The van der Waals surface area contributed by atoms with Crippen LogP contribution in [0.5, 0.6) is 0 Å². The van der Waals surface area contributed by atoms with Gasteiger partial charge in [0.2, 0.25) is 5.91 Å². The number of benzene rings is 1. The first-order chi connectivity index (χ1) is 16.6. The van der Waals surface area contributed by atoms with E-state index < -0.39 is 28.9 Å². The first-order valence-corrected chi connectivity index (χ1v) is 11.5. The van der Waals surface area contributed by atoms with Crippen LogP contribution in [-0.2, 0) is 9.53 Å². The Kier molecular flexibility index (Phi) is 6.73. The molecule has 3 heterocycles. The number of cyclic esters (lactones) is 1. The fourth-order valence-corrected chi connectivity index (χ4v) is 4.87. The number of carbonyl (C=O) groups is 3. The van der Waals surface area contributed by atoms with Crippen molar-refractivity contribution in [3.63, 3.8) is 0 Å². The second-order valence-electron chi connectivity index (χ2n) is 8.03. The minimum Gasteiger partial charge on any atom is -0.477 e. The highest BCUT2D eigenvalue weighted by atomic mass is 32.1. The number of nitrogens with one attached hydrogen (secondary N) is 1. The van der Waals surface area contributed by atoms with E-state index in [1.54, 1.807) is 21.9 Å². The number of rotatable bonds is 7. The zero-order valence-corrected chi connectivity index (χ0v) is 19.4. The molecule has 2 aliphatic rings. The lowest BCUT2D eigenvalue weighted by Crippen LogP contribution is -2.46. The Balaban J connectivity index is 1.42. The molecule has 2 aromatic rings. The number of amides is 2. The van der Waals surface area contributed by atoms with Gasteiger partial charge in [-0.05, 0) is 24.3 Å². The molecule has 0 bridgehead atoms. The zero-order valence-electron chi connectivity index (χ0n) is 18.6. The van der Waals surface area contributed by atoms with Crippen LogP contribution in [0.3, 0.4) is 0 Å². The van der Waals surface area contributed by atoms with Gasteiger partial charge in [0.05, 0.1) is 29.4 Å². The van der Waals surface area contributed by atoms with Crippen LogP contribution in [0.25, 0.3) is 0 Å². The number of halogens is 1. The van der Waals surface area contributed by atoms with Crippen LogP contribution in [0.15, 0.2) is 24.3 Å². The van der Waals surface area contributed by atoms with Crippen molar-refractivity contribution < 1.29 is 33.5 Å². The van der Waals surface area contributed by atoms with E-state index in [1.807, 2.05) is 0 Å². The summed E-state index contributed by atoms with van der Waals surface area (Å²) >= 11 is 0.610. The molecule has 4 rings (SSSR count). The molecule has 2 fully saturated rings. The van der Waals surface area contributed by atoms with Crippen molar-refractivity contribution in [1.82, 2.24) is 5.32 Å². The molecule has 2 saturated heterocycles. The minimum atomic E-state index is -1.23. The van der Waals surface area contributed by atoms with Gasteiger partial charge in [0.1, 0.15) is 22.5 Å². The van der Waals surface area contributed by atoms with E-state index >= 15 is 4.39 Å². The molecule has 0 saturated carbocycles. The van der Waals surface area contributed by atoms with Crippen molar-refractivity contribution in [2.45, 2.75) is 13.0 Å². The SMILES string of the molecule is CC(=O)NCC1CN(c2ccc(N3CCN(c4cc(C(=O)O)sc4[N+](=O)[O-])CC3)c(F)c2)C(=O)O1. The molecule has 14 heteroatoms. The number of carboxylic acids is 1. The fourth-order valence-electron chi connectivity index (χ4n) is 4.04. The van der Waals surface area contributed by atoms with Crippen molar-refractivity contribution in [3.8, 4) is 0 Å². The molecule has 2 aliphatic heterocycles. The van der Waals surface area contributed by atoms with E-state index in [2.05, 4.69) is 5.32 Å². The molecular formula is C21H22FN5O7S. The second kappa shape index (κ2) is 9.74. The van der Waals surface area contributed by atoms with Gasteiger partial charge in [0, 0.05) is 33.1 Å². The van der Waals surface area contributed by atoms with E-state index in [0.717, 1.165) is 0 Å². The van der Waals surface area contributed by atoms with Crippen molar-refractivity contribution in [2.75, 3.05) is 54.0 Å². The Bertz CT molecular complexity index is 1180. The van der Waals surface area contributed by atoms with Gasteiger partial charge in [0.15, 0.2) is 0 Å². The van der Waals surface area contributed by atoms with Crippen LogP contribution >= 0.6 is 11.3 Å². The number of aromatic carboxylic acids is 1. The molecule has 12 nitrogen and oxygen atoms in total. The maximum atomic E-state index is 15.0. The van der Waals surface area contributed by atoms with Gasteiger partial charge in [-0.25, -0.2) is 14.0 Å². The summed E-state index contributed by atoms with van der Waals surface area (Å²) in [6.07, 6.45) is -1.16. The highest BCUT2D eigenvalue weighted by Crippen LogP contribution is 2.38. The number of thiophene rings is 1. The number of carbonyl (C=O) groups excluding carboxylic acids is 2. The largest absolute Gasteiger partial charge is 0.477 e. The maximum Gasteiger partial charge on any atom is 0.414 e. The number of nitro groups is 1. The Labute approximate surface area is 202 Å². The molecule has 0 spiro atoms. The lowest BCUT2D eigenvalue weighted by Gasteiger charge is -2.36. The number of piperazine rings is 1. The van der Waals surface area contributed by atoms with Gasteiger partial charge in [-0.2, -0.15) is 0 Å². The standard InChI is InChI=1S/C21H22FN5O7S/c1-12(28)23-10-14-11-26(21(31)34-14)13-2-3-16(15(22)8-13)24-4-6-25(7-5-24)17-9-18(20(29)30)35-19(17)27(32)33/h2-3,8-9,14H,4-7,10-11H2,1H3,(H,23,28)(H,29,30). The van der Waals surface area contributed by atoms with Crippen LogP contribution in [0.2, 0.25) is 0 Å². The highest BCUT2D eigenvalue weighted by Gasteiger charge is 2.33. The molecule has 35 heavy (non-hydrogen) atoms. The minimum absolute atomic E-state index is 0.115. The molecular weight excluding hydrogens is 485 g/mol. The van der Waals surface area contributed by atoms with Gasteiger partial charge < -0.3 is 25.0 Å². The average Bonchev–Trinajstić information content (AvgIpc) is 3.42. The fraction of sp³-hybridized carbons (Fsp3) is 0.381. The van der Waals surface area contributed by atoms with E-state index in [1.165, 1.54) is 24.0 Å². The number of ether oxygens (including phenoxy) is 1. The van der Waals surface area contributed by atoms with Gasteiger partial charge in [-0.3, -0.25) is 19.8 Å². The molecule has 0 aliphatic carbocycles. The topological polar surface area (TPSA) is 146 Å². The van der Waals surface area contributed by atoms with E-state index in [9.17, 15) is 29.6 Å². The van der Waals surface area contributed by atoms with E-state index in [4.69, 9.17) is 4.74 Å². The summed E-state index contributed by atoms with van der Waals surface area (Å²) in [5.41, 5.74) is 0.895. The number of hydrogen-bond donors (Lipinski definition) is 2. The second-order valence-corrected chi connectivity index (χ2v) is 9.06. The predicted molar refractivity (Wildman–Crippen MR) is 125 cm³/mol. The van der Waals surface area contributed by atoms with Crippen LogP contribution in [0, 0.1) is 15.9 Å². The predicted octanol–water partition coefficient (Wildman–Crippen LogP) is 2.28. The third-order valence-electron chi connectivity index (χ3n) is 5.73. The summed E-state index contributed by atoms with van der Waals surface area (Å²) in [5, 5.41) is 22.9. The van der Waals surface area contributed by atoms with Gasteiger partial charge >= 0.3 is 17.1 Å². The normalized spacial score (nSPS) is 17.9. The molecule has 2 N–H and O–H groups in total. The van der Waals surface area contributed by atoms with Crippen LogP contribution in [0.4, 0.5) is 31.2 Å². The van der Waals surface area contributed by atoms with E-state index in [0.29, 0.717) is 48.9 Å². The third kappa shape index (κ3) is 5.11. The Morgan fingerprint density at radius 2 is 1.89 bits per heavy atom. The lowest BCUT2D eigenvalue weighted by atomic mass is 10.2. The molecule has 1 unspecified atom stereocenters. The van der Waals surface area contributed by atoms with E-state index in [-0.39, 0.29) is 34.6 Å². The first kappa shape index (κ1) is 24.2. The zero-order chi connectivity index (χ0) is 25.3. The van der Waals surface area contributed by atoms with Crippen molar-refractivity contribution in [3.05, 3.63) is 45.1 Å². The van der Waals surface area contributed by atoms with Crippen LogP contribution in [-0.4, -0.2) is 73.4 Å². The highest BCUT2D eigenvalue weighted by molar-refractivity contribution is 7.17. The summed E-state index contributed by atoms with van der Waals surface area (Å²) in [6, 6.07) is 5.71. The molecule has 1 aromatic carbocycles. The molecule has 0 radical (unpaired) electrons. The third-order valence-corrected chi connectivity index (χ3v) is 6.79. The molecule has 1 aromatic heterocycles. The smallest absolute Gasteiger partial charge is 0.414 e. The van der Waals surface area contributed by atoms with Gasteiger partial charge in [-0.1, -0.05) is 11.3 Å². The average molecular weight is 508 g/mol. The van der Waals surface area contributed by atoms with Gasteiger partial charge in [0.25, 0.3) is 0 Å². The van der Waals surface area contributed by atoms with Crippen molar-refractivity contribution in [1.29, 1.82) is 0 Å². The number of nitrogens with zero attached hydrogens (tertiary/aromatic N) is 4. The van der Waals surface area contributed by atoms with Gasteiger partial charge in [-0.15, -0.1) is 0 Å². The van der Waals surface area contributed by atoms with Crippen LogP contribution < -0.4 is 20.0 Å². The molecule has 1 atom stereocenters. The first-order valence-electron chi connectivity index (χ1n) is 10.7. The van der Waals surface area contributed by atoms with Crippen LogP contribution in [0.1, 0.15) is 16.6 Å². The summed E-state index contributed by atoms with van der Waals surface area (Å²) in [7, 11) is 0. The Hall–Kier alpha value is -3.94. The lowest BCUT2D eigenvalue weighted by molar-refractivity contribution is -0.379. The molecule has 186 valence electrons. The maximum absolute atomic E-state index is 15.0.